The zero-order valence-electron chi connectivity index (χ0n) is 22.0. The van der Waals surface area contributed by atoms with Crippen molar-refractivity contribution in [3.63, 3.8) is 0 Å². The summed E-state index contributed by atoms with van der Waals surface area (Å²) in [6, 6.07) is 0. The molecule has 208 valence electrons. The van der Waals surface area contributed by atoms with E-state index in [0.717, 1.165) is 18.7 Å². The minimum absolute atomic E-state index is 0.170. The van der Waals surface area contributed by atoms with Gasteiger partial charge in [0, 0.05) is 29.1 Å². The Labute approximate surface area is 224 Å². The number of ether oxygens (including phenoxy) is 2. The Morgan fingerprint density at radius 2 is 1.95 bits per heavy atom. The van der Waals surface area contributed by atoms with Crippen LogP contribution in [0.4, 0.5) is 8.78 Å². The molecule has 5 aliphatic rings. The maximum absolute atomic E-state index is 17.4. The first-order chi connectivity index (χ1) is 17.7. The van der Waals surface area contributed by atoms with E-state index in [1.807, 2.05) is 0 Å². The maximum Gasteiger partial charge on any atom is 0.341 e. The van der Waals surface area contributed by atoms with Gasteiger partial charge in [-0.15, -0.1) is 0 Å². The van der Waals surface area contributed by atoms with Crippen LogP contribution < -0.4 is 0 Å². The molecule has 1 aliphatic heterocycles. The van der Waals surface area contributed by atoms with E-state index in [1.54, 1.807) is 26.8 Å². The summed E-state index contributed by atoms with van der Waals surface area (Å²) < 4.78 is 42.4. The van der Waals surface area contributed by atoms with E-state index in [0.29, 0.717) is 31.3 Å². The molecule has 4 fully saturated rings. The number of aliphatic hydroxyl groups is 1. The Kier molecular flexibility index (Phi) is 6.50. The fourth-order valence-electron chi connectivity index (χ4n) is 8.27. The molecule has 3 saturated carbocycles. The third kappa shape index (κ3) is 3.47. The summed E-state index contributed by atoms with van der Waals surface area (Å²) in [5.41, 5.74) is -5.81. The highest BCUT2D eigenvalue weighted by molar-refractivity contribution is 8.14. The second-order valence-corrected chi connectivity index (χ2v) is 13.2. The molecule has 1 heterocycles. The quantitative estimate of drug-likeness (QED) is 0.525. The monoisotopic (exact) mass is 552 g/mol. The summed E-state index contributed by atoms with van der Waals surface area (Å²) in [7, 11) is 0. The Morgan fingerprint density at radius 3 is 2.58 bits per heavy atom. The molecular weight excluding hydrogens is 518 g/mol. The lowest BCUT2D eigenvalue weighted by Crippen LogP contribution is -2.69. The molecular formula is C28H34F2O7S. The van der Waals surface area contributed by atoms with Crippen LogP contribution in [0.1, 0.15) is 59.8 Å². The first-order valence-corrected chi connectivity index (χ1v) is 14.2. The van der Waals surface area contributed by atoms with Gasteiger partial charge in [0.25, 0.3) is 0 Å². The normalized spacial score (nSPS) is 46.4. The van der Waals surface area contributed by atoms with Crippen molar-refractivity contribution in [1.82, 2.24) is 0 Å². The van der Waals surface area contributed by atoms with Crippen LogP contribution in [0.5, 0.6) is 0 Å². The van der Waals surface area contributed by atoms with Crippen LogP contribution in [0.2, 0.25) is 0 Å². The lowest BCUT2D eigenvalue weighted by atomic mass is 9.45. The number of allylic oxidation sites excluding steroid dienone is 4. The van der Waals surface area contributed by atoms with Gasteiger partial charge in [0.15, 0.2) is 23.2 Å². The molecule has 0 spiro atoms. The third-order valence-electron chi connectivity index (χ3n) is 10.2. The summed E-state index contributed by atoms with van der Waals surface area (Å²) in [6.45, 7) is 6.34. The van der Waals surface area contributed by atoms with Crippen molar-refractivity contribution in [2.24, 2.45) is 28.6 Å². The van der Waals surface area contributed by atoms with Crippen LogP contribution in [0, 0.1) is 28.6 Å². The number of hydrogen-bond acceptors (Lipinski definition) is 8. The zero-order chi connectivity index (χ0) is 27.8. The number of alkyl halides is 2. The summed E-state index contributed by atoms with van der Waals surface area (Å²) >= 11 is 0.724. The van der Waals surface area contributed by atoms with Crippen LogP contribution in [0.15, 0.2) is 23.8 Å². The number of aliphatic hydroxyl groups excluding tert-OH is 1. The molecule has 38 heavy (non-hydrogen) atoms. The van der Waals surface area contributed by atoms with E-state index in [-0.39, 0.29) is 18.8 Å². The van der Waals surface area contributed by atoms with Crippen molar-refractivity contribution in [2.75, 3.05) is 6.61 Å². The smallest absolute Gasteiger partial charge is 0.341 e. The molecule has 0 aromatic rings. The molecule has 0 aromatic carbocycles. The number of ketones is 1. The minimum atomic E-state index is -2.13. The largest absolute Gasteiger partial charge is 0.465 e. The highest BCUT2D eigenvalue weighted by atomic mass is 32.2. The van der Waals surface area contributed by atoms with Crippen molar-refractivity contribution in [3.8, 4) is 0 Å². The number of rotatable bonds is 4. The van der Waals surface area contributed by atoms with Crippen molar-refractivity contribution in [3.05, 3.63) is 23.8 Å². The topological polar surface area (TPSA) is 107 Å². The second kappa shape index (κ2) is 8.98. The summed E-state index contributed by atoms with van der Waals surface area (Å²) in [5.74, 6) is -3.79. The summed E-state index contributed by atoms with van der Waals surface area (Å²) in [6.07, 6.45) is 1.96. The lowest BCUT2D eigenvalue weighted by molar-refractivity contribution is -0.226. The third-order valence-corrected chi connectivity index (χ3v) is 11.4. The van der Waals surface area contributed by atoms with E-state index in [4.69, 9.17) is 9.47 Å². The van der Waals surface area contributed by atoms with Crippen LogP contribution in [0.3, 0.4) is 0 Å². The van der Waals surface area contributed by atoms with E-state index in [1.165, 1.54) is 12.2 Å². The Morgan fingerprint density at radius 1 is 1.24 bits per heavy atom. The van der Waals surface area contributed by atoms with Crippen LogP contribution in [0.25, 0.3) is 0 Å². The summed E-state index contributed by atoms with van der Waals surface area (Å²) in [4.78, 5) is 51.1. The molecule has 0 aromatic heterocycles. The van der Waals surface area contributed by atoms with Gasteiger partial charge in [-0.1, -0.05) is 37.3 Å². The fraction of sp³-hybridized carbons (Fsp3) is 0.714. The van der Waals surface area contributed by atoms with Gasteiger partial charge in [-0.05, 0) is 57.6 Å². The predicted octanol–water partition coefficient (Wildman–Crippen LogP) is 3.82. The Bertz CT molecular complexity index is 1150. The first kappa shape index (κ1) is 27.5. The highest BCUT2D eigenvalue weighted by Gasteiger charge is 2.77. The minimum Gasteiger partial charge on any atom is -0.465 e. The van der Waals surface area contributed by atoms with Crippen molar-refractivity contribution < 1.29 is 42.5 Å². The Balaban J connectivity index is 1.60. The summed E-state index contributed by atoms with van der Waals surface area (Å²) in [5, 5.41) is 10.2. The molecule has 10 atom stereocenters. The van der Waals surface area contributed by atoms with Crippen LogP contribution >= 0.6 is 11.8 Å². The van der Waals surface area contributed by atoms with Crippen molar-refractivity contribution in [1.29, 1.82) is 0 Å². The van der Waals surface area contributed by atoms with Gasteiger partial charge >= 0.3 is 11.9 Å². The number of thioether (sulfide) groups is 1. The number of cyclic esters (lactones) is 1. The zero-order valence-corrected chi connectivity index (χ0v) is 22.8. The molecule has 0 amide bonds. The van der Waals surface area contributed by atoms with Gasteiger partial charge < -0.3 is 14.6 Å². The van der Waals surface area contributed by atoms with Gasteiger partial charge in [-0.25, -0.2) is 13.6 Å². The standard InChI is InChI=1S/C28H34F2O7S/c1-14-11-19-18-6-5-16-12-17(31)7-9-25(16,3)27(18,30)21(32)13-26(19,4)28(14,37-22(33)15(2)29)24(35)38-20-8-10-36-23(20)34/h7,9,12,14-15,18-21,32H,5-6,8,10-11,13H2,1-4H3/t14-,15?,18+,19+,20?,21+,25+,26+,27+,28+/m1/s1. The fourth-order valence-corrected chi connectivity index (χ4v) is 9.55. The van der Waals surface area contributed by atoms with Crippen LogP contribution in [-0.2, 0) is 28.7 Å². The molecule has 2 unspecified atom stereocenters. The highest BCUT2D eigenvalue weighted by Crippen LogP contribution is 2.72. The van der Waals surface area contributed by atoms with Gasteiger partial charge in [-0.2, -0.15) is 0 Å². The molecule has 7 nitrogen and oxygen atoms in total. The molecule has 1 N–H and O–H groups in total. The van der Waals surface area contributed by atoms with Crippen molar-refractivity contribution >= 4 is 34.6 Å². The van der Waals surface area contributed by atoms with E-state index < -0.39 is 74.4 Å². The molecule has 10 heteroatoms. The molecule has 1 saturated heterocycles. The molecule has 0 radical (unpaired) electrons. The average Bonchev–Trinajstić information content (AvgIpc) is 3.34. The van der Waals surface area contributed by atoms with Gasteiger partial charge in [-0.3, -0.25) is 14.4 Å². The Hall–Kier alpha value is -2.07. The second-order valence-electron chi connectivity index (χ2n) is 12.0. The maximum atomic E-state index is 17.4. The SMILES string of the molecule is CC(F)C(=O)O[C@]1(C(=O)SC2CCOC2=O)[C@H](C)C[C@H]2[C@@H]3CCC4=CC(=O)C=C[C@]4(C)[C@@]3(F)[C@@H](O)C[C@@]21C. The van der Waals surface area contributed by atoms with E-state index in [2.05, 4.69) is 0 Å². The van der Waals surface area contributed by atoms with Gasteiger partial charge in [0.05, 0.1) is 12.7 Å². The molecule has 5 rings (SSSR count). The molecule has 4 aliphatic carbocycles. The van der Waals surface area contributed by atoms with Crippen molar-refractivity contribution in [2.45, 2.75) is 88.6 Å². The molecule has 0 bridgehead atoms. The average molecular weight is 553 g/mol. The number of fused-ring (bicyclic) bond motifs is 5. The van der Waals surface area contributed by atoms with Crippen LogP contribution in [-0.4, -0.2) is 63.3 Å². The van der Waals surface area contributed by atoms with E-state index >= 15 is 4.39 Å². The number of carbonyl (C=O) groups is 4. The number of carbonyl (C=O) groups excluding carboxylic acids is 4. The first-order valence-electron chi connectivity index (χ1n) is 13.3. The number of hydrogen-bond donors (Lipinski definition) is 1. The van der Waals surface area contributed by atoms with Gasteiger partial charge in [0.2, 0.25) is 5.12 Å². The van der Waals surface area contributed by atoms with E-state index in [9.17, 15) is 28.7 Å². The number of esters is 2. The van der Waals surface area contributed by atoms with Gasteiger partial charge in [0.1, 0.15) is 5.25 Å². The lowest BCUT2D eigenvalue weighted by Gasteiger charge is -2.62. The number of halogens is 2. The predicted molar refractivity (Wildman–Crippen MR) is 134 cm³/mol.